The van der Waals surface area contributed by atoms with E-state index in [2.05, 4.69) is 53.6 Å². The fourth-order valence-electron chi connectivity index (χ4n) is 1.79. The lowest BCUT2D eigenvalue weighted by Gasteiger charge is -2.10. The third kappa shape index (κ3) is 2.76. The zero-order valence-corrected chi connectivity index (χ0v) is 9.96. The average molecular weight is 217 g/mol. The van der Waals surface area contributed by atoms with Gasteiger partial charge in [0.05, 0.1) is 0 Å². The quantitative estimate of drug-likeness (QED) is 0.754. The summed E-state index contributed by atoms with van der Waals surface area (Å²) in [6, 6.07) is 8.51. The highest BCUT2D eigenvalue weighted by Crippen LogP contribution is 2.17. The van der Waals surface area contributed by atoms with Gasteiger partial charge in [0.25, 0.3) is 0 Å². The van der Waals surface area contributed by atoms with Crippen LogP contribution in [0.15, 0.2) is 30.5 Å². The Hall–Kier alpha value is -1.48. The van der Waals surface area contributed by atoms with Gasteiger partial charge in [-0.25, -0.2) is 0 Å². The first kappa shape index (κ1) is 11.0. The molecule has 1 aromatic carbocycles. The molecule has 3 nitrogen and oxygen atoms in total. The van der Waals surface area contributed by atoms with Crippen molar-refractivity contribution in [1.82, 2.24) is 9.88 Å². The second-order valence-corrected chi connectivity index (χ2v) is 4.36. The van der Waals surface area contributed by atoms with Crippen LogP contribution in [0.25, 0.3) is 10.9 Å². The van der Waals surface area contributed by atoms with Crippen molar-refractivity contribution in [3.05, 3.63) is 30.5 Å². The molecule has 1 heterocycles. The van der Waals surface area contributed by atoms with Gasteiger partial charge in [-0.1, -0.05) is 0 Å². The number of aromatic amines is 1. The monoisotopic (exact) mass is 217 g/mol. The Morgan fingerprint density at radius 2 is 2.12 bits per heavy atom. The number of nitrogens with one attached hydrogen (secondary N) is 2. The summed E-state index contributed by atoms with van der Waals surface area (Å²) in [5, 5.41) is 4.70. The maximum Gasteiger partial charge on any atom is 0.0455 e. The van der Waals surface area contributed by atoms with Crippen molar-refractivity contribution in [2.75, 3.05) is 32.5 Å². The molecule has 86 valence electrons. The van der Waals surface area contributed by atoms with E-state index in [0.717, 1.165) is 19.5 Å². The fraction of sp³-hybridized carbons (Fsp3) is 0.385. The van der Waals surface area contributed by atoms with Crippen LogP contribution in [0.5, 0.6) is 0 Å². The van der Waals surface area contributed by atoms with Gasteiger partial charge in [0.15, 0.2) is 0 Å². The maximum atomic E-state index is 3.44. The third-order valence-corrected chi connectivity index (χ3v) is 2.66. The summed E-state index contributed by atoms with van der Waals surface area (Å²) >= 11 is 0. The first-order valence-corrected chi connectivity index (χ1v) is 5.71. The highest BCUT2D eigenvalue weighted by atomic mass is 15.1. The molecule has 0 amide bonds. The molecule has 0 bridgehead atoms. The van der Waals surface area contributed by atoms with Crippen molar-refractivity contribution in [3.8, 4) is 0 Å². The number of aromatic nitrogens is 1. The van der Waals surface area contributed by atoms with Gasteiger partial charge in [0.1, 0.15) is 0 Å². The summed E-state index contributed by atoms with van der Waals surface area (Å²) in [4.78, 5) is 5.40. The van der Waals surface area contributed by atoms with E-state index < -0.39 is 0 Å². The van der Waals surface area contributed by atoms with Crippen molar-refractivity contribution >= 4 is 16.6 Å². The van der Waals surface area contributed by atoms with Crippen LogP contribution in [0.3, 0.4) is 0 Å². The van der Waals surface area contributed by atoms with Gasteiger partial charge in [-0.3, -0.25) is 0 Å². The van der Waals surface area contributed by atoms with Crippen molar-refractivity contribution in [3.63, 3.8) is 0 Å². The molecule has 0 saturated carbocycles. The minimum absolute atomic E-state index is 1.02. The third-order valence-electron chi connectivity index (χ3n) is 2.66. The minimum Gasteiger partial charge on any atom is -0.385 e. The topological polar surface area (TPSA) is 31.1 Å². The van der Waals surface area contributed by atoms with E-state index in [1.54, 1.807) is 0 Å². The number of H-pyrrole nitrogens is 1. The predicted octanol–water partition coefficient (Wildman–Crippen LogP) is 2.53. The number of nitrogens with zero attached hydrogens (tertiary/aromatic N) is 1. The summed E-state index contributed by atoms with van der Waals surface area (Å²) in [5.74, 6) is 0. The van der Waals surface area contributed by atoms with E-state index >= 15 is 0 Å². The normalized spacial score (nSPS) is 11.2. The Morgan fingerprint density at radius 1 is 1.25 bits per heavy atom. The molecule has 2 aromatic rings. The van der Waals surface area contributed by atoms with Gasteiger partial charge in [0, 0.05) is 29.3 Å². The molecule has 16 heavy (non-hydrogen) atoms. The smallest absolute Gasteiger partial charge is 0.0455 e. The number of hydrogen-bond donors (Lipinski definition) is 2. The second-order valence-electron chi connectivity index (χ2n) is 4.36. The summed E-state index contributed by atoms with van der Waals surface area (Å²) in [6.07, 6.45) is 3.14. The van der Waals surface area contributed by atoms with E-state index in [-0.39, 0.29) is 0 Å². The van der Waals surface area contributed by atoms with Crippen LogP contribution in [-0.4, -0.2) is 37.1 Å². The molecule has 0 saturated heterocycles. The van der Waals surface area contributed by atoms with Crippen LogP contribution in [0.2, 0.25) is 0 Å². The Morgan fingerprint density at radius 3 is 2.94 bits per heavy atom. The van der Waals surface area contributed by atoms with E-state index in [9.17, 15) is 0 Å². The first-order chi connectivity index (χ1) is 7.75. The van der Waals surface area contributed by atoms with E-state index in [0.29, 0.717) is 0 Å². The molecule has 1 aromatic heterocycles. The van der Waals surface area contributed by atoms with Crippen LogP contribution < -0.4 is 5.32 Å². The molecule has 0 radical (unpaired) electrons. The molecule has 0 fully saturated rings. The number of fused-ring (bicyclic) bond motifs is 1. The molecule has 0 aliphatic rings. The Bertz CT molecular complexity index is 445. The number of hydrogen-bond acceptors (Lipinski definition) is 2. The Labute approximate surface area is 96.5 Å². The molecule has 0 spiro atoms. The predicted molar refractivity (Wildman–Crippen MR) is 70.0 cm³/mol. The minimum atomic E-state index is 1.02. The largest absolute Gasteiger partial charge is 0.385 e. The van der Waals surface area contributed by atoms with Crippen LogP contribution in [-0.2, 0) is 0 Å². The fourth-order valence-corrected chi connectivity index (χ4v) is 1.79. The molecule has 0 unspecified atom stereocenters. The maximum absolute atomic E-state index is 3.44. The summed E-state index contributed by atoms with van der Waals surface area (Å²) in [6.45, 7) is 2.15. The van der Waals surface area contributed by atoms with Crippen LogP contribution in [0.1, 0.15) is 6.42 Å². The average Bonchev–Trinajstić information content (AvgIpc) is 2.71. The van der Waals surface area contributed by atoms with Crippen molar-refractivity contribution < 1.29 is 0 Å². The molecule has 2 rings (SSSR count). The lowest BCUT2D eigenvalue weighted by atomic mass is 10.2. The number of anilines is 1. The highest BCUT2D eigenvalue weighted by Gasteiger charge is 1.96. The molecule has 2 N–H and O–H groups in total. The second kappa shape index (κ2) is 5.03. The Kier molecular flexibility index (Phi) is 3.47. The molecule has 3 heteroatoms. The van der Waals surface area contributed by atoms with Gasteiger partial charge in [-0.15, -0.1) is 0 Å². The molecule has 0 atom stereocenters. The summed E-state index contributed by atoms with van der Waals surface area (Å²) in [5.41, 5.74) is 2.39. The number of benzene rings is 1. The highest BCUT2D eigenvalue weighted by molar-refractivity contribution is 5.82. The van der Waals surface area contributed by atoms with Gasteiger partial charge in [0.2, 0.25) is 0 Å². The molecule has 0 aliphatic carbocycles. The van der Waals surface area contributed by atoms with Crippen molar-refractivity contribution in [2.24, 2.45) is 0 Å². The number of rotatable bonds is 5. The van der Waals surface area contributed by atoms with Crippen molar-refractivity contribution in [1.29, 1.82) is 0 Å². The zero-order valence-electron chi connectivity index (χ0n) is 9.96. The zero-order chi connectivity index (χ0) is 11.4. The van der Waals surface area contributed by atoms with Gasteiger partial charge in [-0.2, -0.15) is 0 Å². The van der Waals surface area contributed by atoms with Gasteiger partial charge < -0.3 is 15.2 Å². The summed E-state index contributed by atoms with van der Waals surface area (Å²) in [7, 11) is 4.21. The molecular weight excluding hydrogens is 198 g/mol. The van der Waals surface area contributed by atoms with Crippen LogP contribution in [0.4, 0.5) is 5.69 Å². The summed E-state index contributed by atoms with van der Waals surface area (Å²) < 4.78 is 0. The SMILES string of the molecule is CN(C)CCCNc1ccc2[nH]ccc2c1. The van der Waals surface area contributed by atoms with Crippen LogP contribution >= 0.6 is 0 Å². The van der Waals surface area contributed by atoms with E-state index in [1.807, 2.05) is 6.20 Å². The van der Waals surface area contributed by atoms with Crippen LogP contribution in [0, 0.1) is 0 Å². The molecule has 0 aliphatic heterocycles. The first-order valence-electron chi connectivity index (χ1n) is 5.71. The van der Waals surface area contributed by atoms with Crippen molar-refractivity contribution in [2.45, 2.75) is 6.42 Å². The van der Waals surface area contributed by atoms with Gasteiger partial charge in [-0.05, 0) is 51.3 Å². The Balaban J connectivity index is 1.89. The lowest BCUT2D eigenvalue weighted by Crippen LogP contribution is -2.16. The molecular formula is C13H19N3. The van der Waals surface area contributed by atoms with E-state index in [4.69, 9.17) is 0 Å². The lowest BCUT2D eigenvalue weighted by molar-refractivity contribution is 0.405. The standard InChI is InChI=1S/C13H19N3/c1-16(2)9-3-7-14-12-4-5-13-11(10-12)6-8-15-13/h4-6,8,10,14-15H,3,7,9H2,1-2H3. The van der Waals surface area contributed by atoms with E-state index in [1.165, 1.54) is 16.6 Å². The van der Waals surface area contributed by atoms with Gasteiger partial charge >= 0.3 is 0 Å².